The Morgan fingerprint density at radius 2 is 1.92 bits per heavy atom. The number of nitrogens with zero attached hydrogens (tertiary/aromatic N) is 3. The van der Waals surface area contributed by atoms with Crippen molar-refractivity contribution in [3.63, 3.8) is 0 Å². The van der Waals surface area contributed by atoms with E-state index < -0.39 is 0 Å². The second-order valence-electron chi connectivity index (χ2n) is 7.76. The second-order valence-corrected chi connectivity index (χ2v) is 7.76. The molecule has 2 saturated heterocycles. The van der Waals surface area contributed by atoms with Gasteiger partial charge in [-0.2, -0.15) is 0 Å². The van der Waals surface area contributed by atoms with Gasteiger partial charge in [0.25, 0.3) is 11.6 Å². The molecule has 0 saturated carbocycles. The lowest BCUT2D eigenvalue weighted by Gasteiger charge is -2.21. The van der Waals surface area contributed by atoms with Gasteiger partial charge in [-0.25, -0.2) is 4.98 Å². The highest BCUT2D eigenvalue weighted by atomic mass is 35.5. The maximum absolute atomic E-state index is 13.3. The molecule has 2 fully saturated rings. The van der Waals surface area contributed by atoms with Gasteiger partial charge in [-0.1, -0.05) is 19.0 Å². The third-order valence-electron chi connectivity index (χ3n) is 5.68. The fourth-order valence-electron chi connectivity index (χ4n) is 4.25. The summed E-state index contributed by atoms with van der Waals surface area (Å²) < 4.78 is 5.41. The van der Waals surface area contributed by atoms with Gasteiger partial charge >= 0.3 is 0 Å². The Morgan fingerprint density at radius 3 is 2.54 bits per heavy atom. The first-order chi connectivity index (χ1) is 12.0. The zero-order chi connectivity index (χ0) is 17.6. The molecule has 0 aliphatic carbocycles. The number of aryl methyl sites for hydroxylation is 1. The lowest BCUT2D eigenvalue weighted by Crippen LogP contribution is -2.33. The summed E-state index contributed by atoms with van der Waals surface area (Å²) in [7, 11) is 0. The third-order valence-corrected chi connectivity index (χ3v) is 5.68. The number of aromatic nitrogens is 2. The lowest BCUT2D eigenvalue weighted by molar-refractivity contribution is 0.0760. The van der Waals surface area contributed by atoms with Crippen LogP contribution in [0.1, 0.15) is 54.4 Å². The summed E-state index contributed by atoms with van der Waals surface area (Å²) in [5.74, 6) is 1.69. The van der Waals surface area contributed by atoms with Crippen molar-refractivity contribution in [2.75, 3.05) is 26.2 Å². The molecule has 4 heterocycles. The van der Waals surface area contributed by atoms with Gasteiger partial charge in [0.15, 0.2) is 0 Å². The number of rotatable bonds is 2. The van der Waals surface area contributed by atoms with Crippen LogP contribution in [0.25, 0.3) is 11.1 Å². The van der Waals surface area contributed by atoms with Crippen LogP contribution in [-0.4, -0.2) is 47.1 Å². The van der Waals surface area contributed by atoms with Crippen LogP contribution in [0.4, 0.5) is 0 Å². The van der Waals surface area contributed by atoms with Crippen molar-refractivity contribution < 1.29 is 9.32 Å². The zero-order valence-corrected chi connectivity index (χ0v) is 16.4. The summed E-state index contributed by atoms with van der Waals surface area (Å²) in [5, 5.41) is 8.44. The molecule has 0 spiro atoms. The maximum atomic E-state index is 13.3. The maximum Gasteiger partial charge on any atom is 0.259 e. The Balaban J connectivity index is 0.00000196. The SMILES string of the molecule is Cc1cc(C(=O)N2CC[C@@H]3CNC[C@@H]3CC2)c2c(C(C)C)noc2n1.Cl. The van der Waals surface area contributed by atoms with Crippen LogP contribution in [0.15, 0.2) is 10.6 Å². The lowest BCUT2D eigenvalue weighted by atomic mass is 9.92. The number of halogens is 1. The van der Waals surface area contributed by atoms with Gasteiger partial charge in [-0.15, -0.1) is 12.4 Å². The normalized spacial score (nSPS) is 23.0. The van der Waals surface area contributed by atoms with Crippen molar-refractivity contribution in [3.8, 4) is 0 Å². The van der Waals surface area contributed by atoms with E-state index in [1.165, 1.54) is 0 Å². The average Bonchev–Trinajstić information content (AvgIpc) is 3.16. The number of fused-ring (bicyclic) bond motifs is 2. The molecule has 2 atom stereocenters. The second kappa shape index (κ2) is 7.53. The molecule has 2 aliphatic heterocycles. The van der Waals surface area contributed by atoms with Crippen molar-refractivity contribution in [2.24, 2.45) is 11.8 Å². The molecule has 142 valence electrons. The Labute approximate surface area is 160 Å². The van der Waals surface area contributed by atoms with Crippen LogP contribution in [0.3, 0.4) is 0 Å². The van der Waals surface area contributed by atoms with Crippen LogP contribution < -0.4 is 5.32 Å². The number of likely N-dealkylation sites (tertiary alicyclic amines) is 1. The standard InChI is InChI=1S/C19H26N4O2.ClH/c1-11(2)17-16-15(8-12(3)21-18(16)25-22-17)19(24)23-6-4-13-9-20-10-14(13)5-7-23;/h8,11,13-14,20H,4-7,9-10H2,1-3H3;1H/t13-,14+;. The molecule has 1 amide bonds. The minimum atomic E-state index is 0. The van der Waals surface area contributed by atoms with E-state index in [1.54, 1.807) is 0 Å². The van der Waals surface area contributed by atoms with Crippen molar-refractivity contribution in [3.05, 3.63) is 23.0 Å². The monoisotopic (exact) mass is 378 g/mol. The van der Waals surface area contributed by atoms with Gasteiger partial charge in [-0.3, -0.25) is 4.79 Å². The predicted molar refractivity (Wildman–Crippen MR) is 103 cm³/mol. The minimum Gasteiger partial charge on any atom is -0.339 e. The average molecular weight is 379 g/mol. The first kappa shape index (κ1) is 19.1. The van der Waals surface area contributed by atoms with E-state index in [0.717, 1.165) is 55.8 Å². The van der Waals surface area contributed by atoms with Crippen molar-refractivity contribution >= 4 is 29.4 Å². The fraction of sp³-hybridized carbons (Fsp3) is 0.632. The van der Waals surface area contributed by atoms with Crippen molar-refractivity contribution in [2.45, 2.75) is 39.5 Å². The molecule has 2 aromatic rings. The van der Waals surface area contributed by atoms with Gasteiger partial charge in [0.1, 0.15) is 0 Å². The largest absolute Gasteiger partial charge is 0.339 e. The Morgan fingerprint density at radius 1 is 1.27 bits per heavy atom. The molecule has 2 aliphatic rings. The van der Waals surface area contributed by atoms with Gasteiger partial charge < -0.3 is 14.7 Å². The molecule has 6 nitrogen and oxygen atoms in total. The number of carbonyl (C=O) groups is 1. The first-order valence-electron chi connectivity index (χ1n) is 9.31. The topological polar surface area (TPSA) is 71.3 Å². The number of amides is 1. The minimum absolute atomic E-state index is 0. The van der Waals surface area contributed by atoms with E-state index in [2.05, 4.69) is 29.3 Å². The molecule has 0 radical (unpaired) electrons. The Hall–Kier alpha value is -1.66. The zero-order valence-electron chi connectivity index (χ0n) is 15.6. The molecule has 0 bridgehead atoms. The van der Waals surface area contributed by atoms with Gasteiger partial charge in [0, 0.05) is 18.8 Å². The highest BCUT2D eigenvalue weighted by molar-refractivity contribution is 6.06. The van der Waals surface area contributed by atoms with E-state index in [0.29, 0.717) is 23.1 Å². The number of carbonyl (C=O) groups excluding carboxylic acids is 1. The van der Waals surface area contributed by atoms with E-state index in [4.69, 9.17) is 4.52 Å². The number of nitrogens with one attached hydrogen (secondary N) is 1. The Bertz CT molecular complexity index is 790. The molecule has 7 heteroatoms. The Kier molecular flexibility index (Phi) is 5.53. The van der Waals surface area contributed by atoms with Gasteiger partial charge in [0.2, 0.25) is 0 Å². The molecule has 0 unspecified atom stereocenters. The molecule has 26 heavy (non-hydrogen) atoms. The molecule has 2 aromatic heterocycles. The van der Waals surface area contributed by atoms with Crippen LogP contribution in [-0.2, 0) is 0 Å². The molecule has 0 aromatic carbocycles. The summed E-state index contributed by atoms with van der Waals surface area (Å²) in [6, 6.07) is 1.89. The number of hydrogen-bond acceptors (Lipinski definition) is 5. The summed E-state index contributed by atoms with van der Waals surface area (Å²) in [5.41, 5.74) is 2.78. The molecular formula is C19H27ClN4O2. The van der Waals surface area contributed by atoms with E-state index in [-0.39, 0.29) is 24.2 Å². The highest BCUT2D eigenvalue weighted by Crippen LogP contribution is 2.31. The summed E-state index contributed by atoms with van der Waals surface area (Å²) >= 11 is 0. The quantitative estimate of drug-likeness (QED) is 0.869. The van der Waals surface area contributed by atoms with Crippen LogP contribution in [0.2, 0.25) is 0 Å². The van der Waals surface area contributed by atoms with E-state index in [9.17, 15) is 4.79 Å². The first-order valence-corrected chi connectivity index (χ1v) is 9.31. The molecule has 4 rings (SSSR count). The molecular weight excluding hydrogens is 352 g/mol. The van der Waals surface area contributed by atoms with Crippen LogP contribution in [0, 0.1) is 18.8 Å². The van der Waals surface area contributed by atoms with Crippen LogP contribution >= 0.6 is 12.4 Å². The van der Waals surface area contributed by atoms with Crippen molar-refractivity contribution in [1.29, 1.82) is 0 Å². The summed E-state index contributed by atoms with van der Waals surface area (Å²) in [6.07, 6.45) is 2.16. The van der Waals surface area contributed by atoms with Gasteiger partial charge in [-0.05, 0) is 56.7 Å². The smallest absolute Gasteiger partial charge is 0.259 e. The van der Waals surface area contributed by atoms with E-state index >= 15 is 0 Å². The summed E-state index contributed by atoms with van der Waals surface area (Å²) in [6.45, 7) is 9.85. The molecule has 1 N–H and O–H groups in total. The highest BCUT2D eigenvalue weighted by Gasteiger charge is 2.32. The van der Waals surface area contributed by atoms with Crippen LogP contribution in [0.5, 0.6) is 0 Å². The fourth-order valence-corrected chi connectivity index (χ4v) is 4.25. The van der Waals surface area contributed by atoms with E-state index in [1.807, 2.05) is 17.9 Å². The third kappa shape index (κ3) is 3.32. The van der Waals surface area contributed by atoms with Crippen molar-refractivity contribution in [1.82, 2.24) is 20.4 Å². The predicted octanol–water partition coefficient (Wildman–Crippen LogP) is 3.15. The summed E-state index contributed by atoms with van der Waals surface area (Å²) in [4.78, 5) is 19.8. The number of hydrogen-bond donors (Lipinski definition) is 1. The number of pyridine rings is 1. The van der Waals surface area contributed by atoms with Gasteiger partial charge in [0.05, 0.1) is 16.6 Å².